The SMILES string of the molecule is COc1nc(N[C@H]2CC[C@@H](OC)CC2)nc2[nH]cc(-c3ccn4ncnc4c3)c12. The van der Waals surface area contributed by atoms with Crippen LogP contribution >= 0.6 is 0 Å². The van der Waals surface area contributed by atoms with E-state index in [2.05, 4.69) is 25.4 Å². The number of anilines is 1. The number of ether oxygens (including phenoxy) is 2. The molecule has 0 spiro atoms. The Morgan fingerprint density at radius 1 is 1.17 bits per heavy atom. The van der Waals surface area contributed by atoms with Crippen LogP contribution < -0.4 is 10.1 Å². The molecule has 5 rings (SSSR count). The first-order valence-corrected chi connectivity index (χ1v) is 9.77. The Balaban J connectivity index is 1.47. The number of pyridine rings is 1. The third-order valence-corrected chi connectivity index (χ3v) is 5.62. The van der Waals surface area contributed by atoms with Gasteiger partial charge in [-0.05, 0) is 43.4 Å². The Morgan fingerprint density at radius 3 is 2.83 bits per heavy atom. The van der Waals surface area contributed by atoms with Crippen molar-refractivity contribution in [3.8, 4) is 17.0 Å². The first-order chi connectivity index (χ1) is 14.2. The number of H-pyrrole nitrogens is 1. The minimum absolute atomic E-state index is 0.341. The number of methoxy groups -OCH3 is 2. The smallest absolute Gasteiger partial charge is 0.228 e. The lowest BCUT2D eigenvalue weighted by molar-refractivity contribution is 0.0681. The topological polar surface area (TPSA) is 102 Å². The van der Waals surface area contributed by atoms with E-state index in [-0.39, 0.29) is 0 Å². The second kappa shape index (κ2) is 7.32. The lowest BCUT2D eigenvalue weighted by Crippen LogP contribution is -2.29. The van der Waals surface area contributed by atoms with E-state index in [0.717, 1.165) is 53.5 Å². The summed E-state index contributed by atoms with van der Waals surface area (Å²) in [5, 5.41) is 8.46. The fourth-order valence-corrected chi connectivity index (χ4v) is 4.05. The normalized spacial score (nSPS) is 19.7. The second-order valence-electron chi connectivity index (χ2n) is 7.31. The van der Waals surface area contributed by atoms with Crippen molar-refractivity contribution in [3.05, 3.63) is 30.9 Å². The van der Waals surface area contributed by atoms with Crippen molar-refractivity contribution < 1.29 is 9.47 Å². The van der Waals surface area contributed by atoms with E-state index in [9.17, 15) is 0 Å². The molecular weight excluding hydrogens is 370 g/mol. The molecule has 4 heterocycles. The molecular formula is C20H23N7O2. The zero-order valence-corrected chi connectivity index (χ0v) is 16.4. The average molecular weight is 393 g/mol. The molecule has 2 N–H and O–H groups in total. The van der Waals surface area contributed by atoms with Crippen LogP contribution in [0.4, 0.5) is 5.95 Å². The molecule has 0 amide bonds. The number of aromatic nitrogens is 6. The summed E-state index contributed by atoms with van der Waals surface area (Å²) in [7, 11) is 3.41. The van der Waals surface area contributed by atoms with Crippen LogP contribution in [0.5, 0.6) is 5.88 Å². The van der Waals surface area contributed by atoms with E-state index in [4.69, 9.17) is 14.5 Å². The number of hydrogen-bond donors (Lipinski definition) is 2. The number of nitrogens with zero attached hydrogens (tertiary/aromatic N) is 5. The Bertz CT molecular complexity index is 1140. The minimum Gasteiger partial charge on any atom is -0.480 e. The van der Waals surface area contributed by atoms with Gasteiger partial charge in [-0.2, -0.15) is 15.1 Å². The molecule has 0 aromatic carbocycles. The fourth-order valence-electron chi connectivity index (χ4n) is 4.05. The van der Waals surface area contributed by atoms with Gasteiger partial charge in [-0.25, -0.2) is 9.50 Å². The summed E-state index contributed by atoms with van der Waals surface area (Å²) in [5.41, 5.74) is 3.48. The van der Waals surface area contributed by atoms with Gasteiger partial charge in [0.1, 0.15) is 12.0 Å². The van der Waals surface area contributed by atoms with Crippen LogP contribution in [-0.4, -0.2) is 55.9 Å². The van der Waals surface area contributed by atoms with Crippen LogP contribution in [0.15, 0.2) is 30.9 Å². The van der Waals surface area contributed by atoms with E-state index in [0.29, 0.717) is 24.0 Å². The van der Waals surface area contributed by atoms with Crippen LogP contribution in [0.25, 0.3) is 27.8 Å². The van der Waals surface area contributed by atoms with Gasteiger partial charge in [0.05, 0.1) is 18.6 Å². The molecule has 1 aliphatic rings. The highest BCUT2D eigenvalue weighted by atomic mass is 16.5. The van der Waals surface area contributed by atoms with Gasteiger partial charge in [0.25, 0.3) is 0 Å². The van der Waals surface area contributed by atoms with Gasteiger partial charge in [-0.3, -0.25) is 0 Å². The molecule has 0 bridgehead atoms. The zero-order valence-electron chi connectivity index (χ0n) is 16.4. The Kier molecular flexibility index (Phi) is 4.51. The van der Waals surface area contributed by atoms with Crippen molar-refractivity contribution >= 4 is 22.6 Å². The molecule has 0 atom stereocenters. The van der Waals surface area contributed by atoms with E-state index in [1.807, 2.05) is 24.5 Å². The van der Waals surface area contributed by atoms with E-state index in [1.54, 1.807) is 18.7 Å². The van der Waals surface area contributed by atoms with Gasteiger partial charge < -0.3 is 19.8 Å². The molecule has 0 saturated heterocycles. The molecule has 9 heteroatoms. The predicted octanol–water partition coefficient (Wildman–Crippen LogP) is 3.05. The molecule has 1 saturated carbocycles. The van der Waals surface area contributed by atoms with Crippen LogP contribution in [0.3, 0.4) is 0 Å². The molecule has 29 heavy (non-hydrogen) atoms. The van der Waals surface area contributed by atoms with E-state index < -0.39 is 0 Å². The quantitative estimate of drug-likeness (QED) is 0.537. The second-order valence-corrected chi connectivity index (χ2v) is 7.31. The summed E-state index contributed by atoms with van der Waals surface area (Å²) in [6, 6.07) is 4.31. The Hall–Kier alpha value is -3.20. The first kappa shape index (κ1) is 17.9. The van der Waals surface area contributed by atoms with Crippen molar-refractivity contribution in [1.29, 1.82) is 0 Å². The monoisotopic (exact) mass is 393 g/mol. The van der Waals surface area contributed by atoms with E-state index >= 15 is 0 Å². The van der Waals surface area contributed by atoms with Crippen LogP contribution in [-0.2, 0) is 4.74 Å². The molecule has 150 valence electrons. The molecule has 0 aliphatic heterocycles. The van der Waals surface area contributed by atoms with Gasteiger partial charge >= 0.3 is 0 Å². The van der Waals surface area contributed by atoms with Crippen LogP contribution in [0, 0.1) is 0 Å². The third-order valence-electron chi connectivity index (χ3n) is 5.62. The van der Waals surface area contributed by atoms with Crippen molar-refractivity contribution in [1.82, 2.24) is 29.5 Å². The maximum atomic E-state index is 5.62. The van der Waals surface area contributed by atoms with Crippen molar-refractivity contribution in [2.75, 3.05) is 19.5 Å². The van der Waals surface area contributed by atoms with Gasteiger partial charge in [-0.1, -0.05) is 0 Å². The minimum atomic E-state index is 0.341. The molecule has 0 radical (unpaired) electrons. The Labute approximate surface area is 167 Å². The first-order valence-electron chi connectivity index (χ1n) is 9.77. The average Bonchev–Trinajstić information content (AvgIpc) is 3.40. The highest BCUT2D eigenvalue weighted by molar-refractivity contribution is 5.98. The van der Waals surface area contributed by atoms with Gasteiger partial charge in [-0.15, -0.1) is 0 Å². The molecule has 1 aliphatic carbocycles. The maximum absolute atomic E-state index is 5.62. The zero-order chi connectivity index (χ0) is 19.8. The lowest BCUT2D eigenvalue weighted by Gasteiger charge is -2.28. The molecule has 9 nitrogen and oxygen atoms in total. The summed E-state index contributed by atoms with van der Waals surface area (Å²) in [5.74, 6) is 1.12. The van der Waals surface area contributed by atoms with Gasteiger partial charge in [0.15, 0.2) is 5.65 Å². The number of hydrogen-bond acceptors (Lipinski definition) is 7. The summed E-state index contributed by atoms with van der Waals surface area (Å²) < 4.78 is 12.8. The molecule has 4 aromatic rings. The largest absolute Gasteiger partial charge is 0.480 e. The summed E-state index contributed by atoms with van der Waals surface area (Å²) >= 11 is 0. The fraction of sp³-hybridized carbons (Fsp3) is 0.400. The summed E-state index contributed by atoms with van der Waals surface area (Å²) in [6.07, 6.45) is 9.88. The van der Waals surface area contributed by atoms with Crippen molar-refractivity contribution in [2.24, 2.45) is 0 Å². The highest BCUT2D eigenvalue weighted by Crippen LogP contribution is 2.35. The predicted molar refractivity (Wildman–Crippen MR) is 109 cm³/mol. The highest BCUT2D eigenvalue weighted by Gasteiger charge is 2.23. The summed E-state index contributed by atoms with van der Waals surface area (Å²) in [6.45, 7) is 0. The van der Waals surface area contributed by atoms with Crippen molar-refractivity contribution in [3.63, 3.8) is 0 Å². The van der Waals surface area contributed by atoms with Gasteiger partial charge in [0.2, 0.25) is 11.8 Å². The lowest BCUT2D eigenvalue weighted by atomic mass is 9.93. The van der Waals surface area contributed by atoms with Crippen molar-refractivity contribution in [2.45, 2.75) is 37.8 Å². The number of aromatic amines is 1. The molecule has 0 unspecified atom stereocenters. The third kappa shape index (κ3) is 3.27. The van der Waals surface area contributed by atoms with Crippen LogP contribution in [0.2, 0.25) is 0 Å². The number of nitrogens with one attached hydrogen (secondary N) is 2. The standard InChI is InChI=1S/C20H23N7O2/c1-28-14-5-3-13(4-6-14)24-20-25-18-17(19(26-20)29-2)15(10-21-18)12-7-8-27-16(9-12)22-11-23-27/h7-11,13-14H,3-6H2,1-2H3,(H2,21,24,25,26)/t13-,14+. The summed E-state index contributed by atoms with van der Waals surface area (Å²) in [4.78, 5) is 16.9. The Morgan fingerprint density at radius 2 is 2.03 bits per heavy atom. The van der Waals surface area contributed by atoms with Crippen LogP contribution in [0.1, 0.15) is 25.7 Å². The maximum Gasteiger partial charge on any atom is 0.228 e. The number of fused-ring (bicyclic) bond motifs is 2. The van der Waals surface area contributed by atoms with E-state index in [1.165, 1.54) is 6.33 Å². The molecule has 4 aromatic heterocycles. The molecule has 1 fully saturated rings. The van der Waals surface area contributed by atoms with Gasteiger partial charge in [0, 0.05) is 31.1 Å². The number of rotatable bonds is 5.